The van der Waals surface area contributed by atoms with Gasteiger partial charge in [-0.25, -0.2) is 0 Å². The van der Waals surface area contributed by atoms with Gasteiger partial charge < -0.3 is 9.47 Å². The van der Waals surface area contributed by atoms with E-state index in [0.717, 1.165) is 37.3 Å². The molecule has 1 saturated heterocycles. The van der Waals surface area contributed by atoms with Gasteiger partial charge in [-0.1, -0.05) is 18.2 Å². The van der Waals surface area contributed by atoms with E-state index < -0.39 is 6.61 Å². The summed E-state index contributed by atoms with van der Waals surface area (Å²) in [4.78, 5) is 6.68. The molecule has 0 amide bonds. The molecule has 0 unspecified atom stereocenters. The summed E-state index contributed by atoms with van der Waals surface area (Å²) in [5.41, 5.74) is 2.05. The smallest absolute Gasteiger partial charge is 0.387 e. The Hall–Kier alpha value is -2.05. The predicted octanol–water partition coefficient (Wildman–Crippen LogP) is 3.30. The lowest BCUT2D eigenvalue weighted by atomic mass is 10.1. The van der Waals surface area contributed by atoms with Crippen LogP contribution < -0.4 is 4.74 Å². The van der Waals surface area contributed by atoms with Crippen LogP contribution in [0.3, 0.4) is 0 Å². The van der Waals surface area contributed by atoms with Gasteiger partial charge in [0, 0.05) is 37.9 Å². The second kappa shape index (κ2) is 8.17. The van der Waals surface area contributed by atoms with Crippen molar-refractivity contribution in [2.45, 2.75) is 19.1 Å². The number of nitrogens with zero attached hydrogens (tertiary/aromatic N) is 2. The molecule has 2 aromatic rings. The molecule has 0 bridgehead atoms. The third-order valence-corrected chi connectivity index (χ3v) is 4.04. The summed E-state index contributed by atoms with van der Waals surface area (Å²) in [5, 5.41) is 0. The highest BCUT2D eigenvalue weighted by Crippen LogP contribution is 2.25. The van der Waals surface area contributed by atoms with E-state index in [1.165, 1.54) is 0 Å². The lowest BCUT2D eigenvalue weighted by Crippen LogP contribution is -2.39. The van der Waals surface area contributed by atoms with Crippen molar-refractivity contribution in [1.82, 2.24) is 9.88 Å². The summed E-state index contributed by atoms with van der Waals surface area (Å²) in [6.45, 7) is 0.438. The van der Waals surface area contributed by atoms with Gasteiger partial charge >= 0.3 is 6.61 Å². The van der Waals surface area contributed by atoms with E-state index in [9.17, 15) is 8.78 Å². The van der Waals surface area contributed by atoms with E-state index in [0.29, 0.717) is 6.61 Å². The van der Waals surface area contributed by atoms with Gasteiger partial charge in [0.15, 0.2) is 0 Å². The Balaban J connectivity index is 1.55. The van der Waals surface area contributed by atoms with Crippen LogP contribution in [0, 0.1) is 0 Å². The number of morpholine rings is 1. The Morgan fingerprint density at radius 2 is 2.04 bits per heavy atom. The quantitative estimate of drug-likeness (QED) is 0.812. The Kier molecular flexibility index (Phi) is 5.72. The number of hydrogen-bond donors (Lipinski definition) is 0. The van der Waals surface area contributed by atoms with Gasteiger partial charge in [-0.15, -0.1) is 0 Å². The van der Waals surface area contributed by atoms with Gasteiger partial charge in [-0.05, 0) is 29.8 Å². The van der Waals surface area contributed by atoms with Gasteiger partial charge in [-0.3, -0.25) is 9.88 Å². The first-order chi connectivity index (χ1) is 11.7. The highest BCUT2D eigenvalue weighted by molar-refractivity contribution is 5.29. The van der Waals surface area contributed by atoms with Crippen LogP contribution >= 0.6 is 0 Å². The molecular weight excluding hydrogens is 314 g/mol. The summed E-state index contributed by atoms with van der Waals surface area (Å²) in [7, 11) is 0. The molecule has 24 heavy (non-hydrogen) atoms. The monoisotopic (exact) mass is 334 g/mol. The number of ether oxygens (including phenoxy) is 2. The maximum atomic E-state index is 12.2. The molecule has 1 atom stereocenters. The zero-order valence-corrected chi connectivity index (χ0v) is 13.3. The molecule has 128 valence electrons. The van der Waals surface area contributed by atoms with E-state index >= 15 is 0 Å². The standard InChI is InChI=1S/C18H20F2N2O2/c19-18(20)24-16-6-4-14(5-7-16)17-13-22(11-12-23-17)10-8-15-3-1-2-9-21-15/h1-7,9,17-18H,8,10-13H2/t17-/m0/s1. The molecule has 3 rings (SSSR count). The number of hydrogen-bond acceptors (Lipinski definition) is 4. The average molecular weight is 334 g/mol. The van der Waals surface area contributed by atoms with Crippen LogP contribution in [-0.2, 0) is 11.2 Å². The molecule has 1 fully saturated rings. The molecule has 1 aromatic carbocycles. The normalized spacial score (nSPS) is 18.7. The third kappa shape index (κ3) is 4.72. The second-order valence-electron chi connectivity index (χ2n) is 5.68. The van der Waals surface area contributed by atoms with Crippen molar-refractivity contribution in [2.75, 3.05) is 26.2 Å². The van der Waals surface area contributed by atoms with Crippen LogP contribution in [-0.4, -0.2) is 42.7 Å². The summed E-state index contributed by atoms with van der Waals surface area (Å²) < 4.78 is 34.6. The largest absolute Gasteiger partial charge is 0.435 e. The molecule has 0 saturated carbocycles. The Morgan fingerprint density at radius 3 is 2.75 bits per heavy atom. The maximum absolute atomic E-state index is 12.2. The molecule has 2 heterocycles. The highest BCUT2D eigenvalue weighted by Gasteiger charge is 2.22. The van der Waals surface area contributed by atoms with Gasteiger partial charge in [0.25, 0.3) is 0 Å². The molecule has 4 nitrogen and oxygen atoms in total. The predicted molar refractivity (Wildman–Crippen MR) is 86.1 cm³/mol. The fourth-order valence-corrected chi connectivity index (χ4v) is 2.79. The van der Waals surface area contributed by atoms with Crippen molar-refractivity contribution in [2.24, 2.45) is 0 Å². The maximum Gasteiger partial charge on any atom is 0.387 e. The SMILES string of the molecule is FC(F)Oc1ccc([C@@H]2CN(CCc3ccccn3)CCO2)cc1. The fraction of sp³-hybridized carbons (Fsp3) is 0.389. The van der Waals surface area contributed by atoms with Crippen molar-refractivity contribution in [1.29, 1.82) is 0 Å². The summed E-state index contributed by atoms with van der Waals surface area (Å²) in [5.74, 6) is 0.163. The zero-order chi connectivity index (χ0) is 16.8. The van der Waals surface area contributed by atoms with Crippen molar-refractivity contribution in [3.63, 3.8) is 0 Å². The first kappa shape index (κ1) is 16.8. The molecule has 6 heteroatoms. The number of benzene rings is 1. The second-order valence-corrected chi connectivity index (χ2v) is 5.68. The van der Waals surface area contributed by atoms with Crippen molar-refractivity contribution in [3.05, 3.63) is 59.9 Å². The summed E-state index contributed by atoms with van der Waals surface area (Å²) >= 11 is 0. The number of pyridine rings is 1. The Morgan fingerprint density at radius 1 is 1.21 bits per heavy atom. The lowest BCUT2D eigenvalue weighted by molar-refractivity contribution is -0.0500. The molecule has 1 aliphatic rings. The van der Waals surface area contributed by atoms with Crippen LogP contribution in [0.15, 0.2) is 48.7 Å². The van der Waals surface area contributed by atoms with Crippen LogP contribution in [0.2, 0.25) is 0 Å². The van der Waals surface area contributed by atoms with Gasteiger partial charge in [0.05, 0.1) is 12.7 Å². The number of aromatic nitrogens is 1. The molecule has 0 N–H and O–H groups in total. The Bertz CT molecular complexity index is 623. The van der Waals surface area contributed by atoms with Crippen LogP contribution in [0.25, 0.3) is 0 Å². The summed E-state index contributed by atoms with van der Waals surface area (Å²) in [6, 6.07) is 12.6. The van der Waals surface area contributed by atoms with E-state index in [-0.39, 0.29) is 11.9 Å². The highest BCUT2D eigenvalue weighted by atomic mass is 19.3. The van der Waals surface area contributed by atoms with Crippen LogP contribution in [0.5, 0.6) is 5.75 Å². The van der Waals surface area contributed by atoms with Crippen molar-refractivity contribution in [3.8, 4) is 5.75 Å². The fourth-order valence-electron chi connectivity index (χ4n) is 2.79. The number of rotatable bonds is 6. The van der Waals surface area contributed by atoms with Gasteiger partial charge in [0.2, 0.25) is 0 Å². The number of alkyl halides is 2. The van der Waals surface area contributed by atoms with Gasteiger partial charge in [-0.2, -0.15) is 8.78 Å². The zero-order valence-electron chi connectivity index (χ0n) is 13.3. The van der Waals surface area contributed by atoms with Crippen LogP contribution in [0.4, 0.5) is 8.78 Å². The average Bonchev–Trinajstić information content (AvgIpc) is 2.61. The summed E-state index contributed by atoms with van der Waals surface area (Å²) in [6.07, 6.45) is 2.65. The molecule has 1 aliphatic heterocycles. The molecule has 1 aromatic heterocycles. The third-order valence-electron chi connectivity index (χ3n) is 4.04. The minimum Gasteiger partial charge on any atom is -0.435 e. The van der Waals surface area contributed by atoms with Crippen molar-refractivity contribution < 1.29 is 18.3 Å². The van der Waals surface area contributed by atoms with E-state index in [2.05, 4.69) is 14.6 Å². The molecular formula is C18H20F2N2O2. The number of halogens is 2. The van der Waals surface area contributed by atoms with E-state index in [1.54, 1.807) is 30.5 Å². The van der Waals surface area contributed by atoms with E-state index in [4.69, 9.17) is 4.74 Å². The minimum absolute atomic E-state index is 0.0527. The van der Waals surface area contributed by atoms with Crippen molar-refractivity contribution >= 4 is 0 Å². The topological polar surface area (TPSA) is 34.6 Å². The van der Waals surface area contributed by atoms with E-state index in [1.807, 2.05) is 18.2 Å². The first-order valence-corrected chi connectivity index (χ1v) is 7.99. The molecule has 0 spiro atoms. The molecule has 0 radical (unpaired) electrons. The molecule has 0 aliphatic carbocycles. The minimum atomic E-state index is -2.80. The van der Waals surface area contributed by atoms with Gasteiger partial charge in [0.1, 0.15) is 5.75 Å². The first-order valence-electron chi connectivity index (χ1n) is 7.99. The van der Waals surface area contributed by atoms with Crippen LogP contribution in [0.1, 0.15) is 17.4 Å². The lowest BCUT2D eigenvalue weighted by Gasteiger charge is -2.33. The Labute approximate surface area is 140 Å².